The molecule has 0 unspecified atom stereocenters. The number of rotatable bonds is 0. The lowest BCUT2D eigenvalue weighted by Gasteiger charge is -2.10. The molecule has 0 spiro atoms. The number of hydrogen-bond donors (Lipinski definition) is 0. The molecule has 80 valence electrons. The van der Waals surface area contributed by atoms with Crippen LogP contribution in [0.5, 0.6) is 0 Å². The average molecular weight is 200 g/mol. The van der Waals surface area contributed by atoms with Crippen molar-refractivity contribution in [2.24, 2.45) is 0 Å². The Hall–Kier alpha value is -0.920. The van der Waals surface area contributed by atoms with Crippen LogP contribution in [0.15, 0.2) is 0 Å². The summed E-state index contributed by atoms with van der Waals surface area (Å²) in [6.07, 6.45) is 0. The molecule has 0 nitrogen and oxygen atoms in total. The highest BCUT2D eigenvalue weighted by atomic mass is 19.1. The third kappa shape index (κ3) is 2.11. The van der Waals surface area contributed by atoms with Gasteiger partial charge in [0, 0.05) is 0 Å². The fraction of sp³-hybridized carbons (Fsp3) is 0.500. The SMILES string of the molecule is CC.Cc1c(C)c(F)c(C)c(C)c1F. The molecule has 0 fully saturated rings. The Kier molecular flexibility index (Phi) is 4.75. The van der Waals surface area contributed by atoms with Crippen LogP contribution in [0.25, 0.3) is 0 Å². The van der Waals surface area contributed by atoms with Gasteiger partial charge in [0.25, 0.3) is 0 Å². The van der Waals surface area contributed by atoms with Crippen LogP contribution in [0.1, 0.15) is 36.1 Å². The summed E-state index contributed by atoms with van der Waals surface area (Å²) in [4.78, 5) is 0. The monoisotopic (exact) mass is 200 g/mol. The molecular weight excluding hydrogens is 182 g/mol. The van der Waals surface area contributed by atoms with Crippen molar-refractivity contribution in [2.75, 3.05) is 0 Å². The highest BCUT2D eigenvalue weighted by Crippen LogP contribution is 2.23. The van der Waals surface area contributed by atoms with E-state index in [2.05, 4.69) is 0 Å². The van der Waals surface area contributed by atoms with Crippen LogP contribution in [0.3, 0.4) is 0 Å². The summed E-state index contributed by atoms with van der Waals surface area (Å²) in [5, 5.41) is 0. The normalized spacial score (nSPS) is 9.43. The van der Waals surface area contributed by atoms with Crippen LogP contribution in [0.4, 0.5) is 8.78 Å². The van der Waals surface area contributed by atoms with Crippen molar-refractivity contribution in [1.29, 1.82) is 0 Å². The van der Waals surface area contributed by atoms with Crippen LogP contribution in [0.2, 0.25) is 0 Å². The molecule has 1 aromatic carbocycles. The van der Waals surface area contributed by atoms with Gasteiger partial charge in [0.1, 0.15) is 11.6 Å². The van der Waals surface area contributed by atoms with Crippen molar-refractivity contribution >= 4 is 0 Å². The quantitative estimate of drug-likeness (QED) is 0.588. The van der Waals surface area contributed by atoms with E-state index in [1.54, 1.807) is 27.7 Å². The minimum atomic E-state index is -0.286. The van der Waals surface area contributed by atoms with Crippen molar-refractivity contribution < 1.29 is 8.78 Å². The molecule has 1 aromatic rings. The Morgan fingerprint density at radius 1 is 0.571 bits per heavy atom. The van der Waals surface area contributed by atoms with Crippen LogP contribution in [-0.4, -0.2) is 0 Å². The lowest BCUT2D eigenvalue weighted by molar-refractivity contribution is 0.569. The zero-order valence-corrected chi connectivity index (χ0v) is 9.76. The van der Waals surface area contributed by atoms with Gasteiger partial charge in [-0.2, -0.15) is 0 Å². The first-order chi connectivity index (χ1) is 6.46. The van der Waals surface area contributed by atoms with Gasteiger partial charge in [-0.1, -0.05) is 13.8 Å². The van der Waals surface area contributed by atoms with E-state index in [-0.39, 0.29) is 11.6 Å². The molecule has 0 aliphatic carbocycles. The van der Waals surface area contributed by atoms with E-state index in [4.69, 9.17) is 0 Å². The second-order valence-electron chi connectivity index (χ2n) is 3.13. The second kappa shape index (κ2) is 5.08. The van der Waals surface area contributed by atoms with Crippen molar-refractivity contribution in [3.8, 4) is 0 Å². The summed E-state index contributed by atoms with van der Waals surface area (Å²) >= 11 is 0. The maximum atomic E-state index is 13.3. The van der Waals surface area contributed by atoms with Crippen LogP contribution < -0.4 is 0 Å². The third-order valence-electron chi connectivity index (χ3n) is 2.44. The van der Waals surface area contributed by atoms with Crippen molar-refractivity contribution in [3.63, 3.8) is 0 Å². The average Bonchev–Trinajstić information content (AvgIpc) is 2.24. The van der Waals surface area contributed by atoms with E-state index < -0.39 is 0 Å². The Bertz CT molecular complexity index is 223. The molecule has 2 heteroatoms. The maximum absolute atomic E-state index is 13.3. The van der Waals surface area contributed by atoms with Gasteiger partial charge in [-0.25, -0.2) is 8.78 Å². The van der Waals surface area contributed by atoms with Crippen molar-refractivity contribution in [2.45, 2.75) is 41.5 Å². The van der Waals surface area contributed by atoms with E-state index in [0.29, 0.717) is 22.3 Å². The smallest absolute Gasteiger partial charge is 0.129 e. The fourth-order valence-electron chi connectivity index (χ4n) is 1.22. The topological polar surface area (TPSA) is 0 Å². The molecule has 0 radical (unpaired) electrons. The Morgan fingerprint density at radius 3 is 0.857 bits per heavy atom. The summed E-state index contributed by atoms with van der Waals surface area (Å²) in [7, 11) is 0. The highest BCUT2D eigenvalue weighted by Gasteiger charge is 2.13. The van der Waals surface area contributed by atoms with Gasteiger partial charge in [0.15, 0.2) is 0 Å². The molecule has 14 heavy (non-hydrogen) atoms. The molecule has 0 bridgehead atoms. The molecule has 0 heterocycles. The molecule has 0 N–H and O–H groups in total. The number of halogens is 2. The summed E-state index contributed by atoms with van der Waals surface area (Å²) in [6.45, 7) is 10.4. The first-order valence-electron chi connectivity index (χ1n) is 4.88. The lowest BCUT2D eigenvalue weighted by Crippen LogP contribution is -2.00. The predicted octanol–water partition coefficient (Wildman–Crippen LogP) is 4.22. The largest absolute Gasteiger partial charge is 0.206 e. The lowest BCUT2D eigenvalue weighted by atomic mass is 10.00. The molecule has 0 amide bonds. The van der Waals surface area contributed by atoms with Gasteiger partial charge in [-0.15, -0.1) is 0 Å². The van der Waals surface area contributed by atoms with Crippen molar-refractivity contribution in [3.05, 3.63) is 33.9 Å². The van der Waals surface area contributed by atoms with E-state index in [1.165, 1.54) is 0 Å². The first kappa shape index (κ1) is 13.1. The summed E-state index contributed by atoms with van der Waals surface area (Å²) in [5.74, 6) is -0.571. The summed E-state index contributed by atoms with van der Waals surface area (Å²) < 4.78 is 26.5. The number of benzene rings is 1. The minimum absolute atomic E-state index is 0.286. The third-order valence-corrected chi connectivity index (χ3v) is 2.44. The van der Waals surface area contributed by atoms with Crippen LogP contribution >= 0.6 is 0 Å². The van der Waals surface area contributed by atoms with E-state index >= 15 is 0 Å². The molecule has 1 rings (SSSR count). The zero-order valence-electron chi connectivity index (χ0n) is 9.76. The Balaban J connectivity index is 0.000000791. The van der Waals surface area contributed by atoms with Gasteiger partial charge < -0.3 is 0 Å². The molecular formula is C12H18F2. The zero-order chi connectivity index (χ0) is 11.5. The van der Waals surface area contributed by atoms with Crippen LogP contribution in [0, 0.1) is 39.3 Å². The van der Waals surface area contributed by atoms with Gasteiger partial charge in [0.05, 0.1) is 0 Å². The maximum Gasteiger partial charge on any atom is 0.129 e. The molecule has 0 aliphatic heterocycles. The fourth-order valence-corrected chi connectivity index (χ4v) is 1.22. The number of hydrogen-bond acceptors (Lipinski definition) is 0. The van der Waals surface area contributed by atoms with E-state index in [9.17, 15) is 8.78 Å². The first-order valence-corrected chi connectivity index (χ1v) is 4.88. The molecule has 0 atom stereocenters. The van der Waals surface area contributed by atoms with Gasteiger partial charge in [-0.3, -0.25) is 0 Å². The van der Waals surface area contributed by atoms with Crippen molar-refractivity contribution in [1.82, 2.24) is 0 Å². The van der Waals surface area contributed by atoms with Crippen LogP contribution in [-0.2, 0) is 0 Å². The molecule has 0 aliphatic rings. The molecule has 0 saturated carbocycles. The molecule has 0 aromatic heterocycles. The molecule has 0 saturated heterocycles. The standard InChI is InChI=1S/C10H12F2.C2H6/c1-5-6(2)10(12)8(4)7(3)9(5)11;1-2/h1-4H3;1-2H3. The Morgan fingerprint density at radius 2 is 0.714 bits per heavy atom. The van der Waals surface area contributed by atoms with Gasteiger partial charge in [0.2, 0.25) is 0 Å². The predicted molar refractivity (Wildman–Crippen MR) is 56.7 cm³/mol. The summed E-state index contributed by atoms with van der Waals surface area (Å²) in [5.41, 5.74) is 1.65. The Labute approximate surface area is 85.0 Å². The van der Waals surface area contributed by atoms with E-state index in [0.717, 1.165) is 0 Å². The highest BCUT2D eigenvalue weighted by molar-refractivity contribution is 5.38. The summed E-state index contributed by atoms with van der Waals surface area (Å²) in [6, 6.07) is 0. The second-order valence-corrected chi connectivity index (χ2v) is 3.13. The van der Waals surface area contributed by atoms with Gasteiger partial charge in [-0.05, 0) is 49.9 Å². The van der Waals surface area contributed by atoms with Gasteiger partial charge >= 0.3 is 0 Å². The van der Waals surface area contributed by atoms with E-state index in [1.807, 2.05) is 13.8 Å². The minimum Gasteiger partial charge on any atom is -0.206 e.